The highest BCUT2D eigenvalue weighted by Gasteiger charge is 2.12. The summed E-state index contributed by atoms with van der Waals surface area (Å²) in [5.74, 6) is -1.77. The smallest absolute Gasteiger partial charge is 0.191 e. The topological polar surface area (TPSA) is 9.23 Å². The first kappa shape index (κ1) is 14.8. The van der Waals surface area contributed by atoms with Gasteiger partial charge in [-0.15, -0.1) is 11.6 Å². The highest BCUT2D eigenvalue weighted by molar-refractivity contribution is 6.17. The molecule has 0 aromatic heterocycles. The molecule has 20 heavy (non-hydrogen) atoms. The molecule has 0 unspecified atom stereocenters. The molecular weight excluding hydrogens is 282 g/mol. The van der Waals surface area contributed by atoms with Gasteiger partial charge in [0.1, 0.15) is 6.61 Å². The van der Waals surface area contributed by atoms with E-state index in [9.17, 15) is 8.78 Å². The molecule has 0 fully saturated rings. The number of alkyl halides is 1. The zero-order chi connectivity index (χ0) is 14.7. The third kappa shape index (κ3) is 3.48. The Balaban J connectivity index is 2.18. The lowest BCUT2D eigenvalue weighted by Crippen LogP contribution is -2.01. The van der Waals surface area contributed by atoms with Crippen molar-refractivity contribution in [3.8, 4) is 5.75 Å². The fourth-order valence-electron chi connectivity index (χ4n) is 2.14. The molecule has 2 aromatic rings. The van der Waals surface area contributed by atoms with Crippen molar-refractivity contribution in [1.82, 2.24) is 0 Å². The summed E-state index contributed by atoms with van der Waals surface area (Å²) < 4.78 is 32.7. The first-order valence-electron chi connectivity index (χ1n) is 6.23. The van der Waals surface area contributed by atoms with Gasteiger partial charge in [0.25, 0.3) is 0 Å². The van der Waals surface area contributed by atoms with Crippen LogP contribution >= 0.6 is 11.6 Å². The Hall–Kier alpha value is -1.61. The molecule has 0 aliphatic carbocycles. The number of halogens is 3. The van der Waals surface area contributed by atoms with Crippen molar-refractivity contribution in [3.63, 3.8) is 0 Å². The van der Waals surface area contributed by atoms with Gasteiger partial charge >= 0.3 is 0 Å². The van der Waals surface area contributed by atoms with Gasteiger partial charge in [-0.1, -0.05) is 29.3 Å². The van der Waals surface area contributed by atoms with Gasteiger partial charge in [-0.2, -0.15) is 0 Å². The largest absolute Gasteiger partial charge is 0.483 e. The van der Waals surface area contributed by atoms with E-state index < -0.39 is 11.6 Å². The van der Waals surface area contributed by atoms with Gasteiger partial charge in [0.15, 0.2) is 17.4 Å². The highest BCUT2D eigenvalue weighted by atomic mass is 35.5. The van der Waals surface area contributed by atoms with E-state index in [4.69, 9.17) is 16.3 Å². The van der Waals surface area contributed by atoms with Crippen LogP contribution in [0.2, 0.25) is 0 Å². The molecule has 0 spiro atoms. The molecule has 0 aliphatic rings. The Morgan fingerprint density at radius 2 is 1.45 bits per heavy atom. The van der Waals surface area contributed by atoms with Crippen LogP contribution in [0.3, 0.4) is 0 Å². The second-order valence-corrected chi connectivity index (χ2v) is 5.07. The summed E-state index contributed by atoms with van der Waals surface area (Å²) in [7, 11) is 0. The van der Waals surface area contributed by atoms with Crippen molar-refractivity contribution in [2.75, 3.05) is 0 Å². The Bertz CT molecular complexity index is 583. The van der Waals surface area contributed by atoms with E-state index in [1.54, 1.807) is 0 Å². The molecule has 4 heteroatoms. The van der Waals surface area contributed by atoms with Gasteiger partial charge in [0.05, 0.1) is 0 Å². The van der Waals surface area contributed by atoms with E-state index in [0.717, 1.165) is 16.7 Å². The minimum absolute atomic E-state index is 0.0607. The number of ether oxygens (including phenoxy) is 1. The maximum atomic E-state index is 13.7. The Morgan fingerprint density at radius 3 is 1.95 bits per heavy atom. The highest BCUT2D eigenvalue weighted by Crippen LogP contribution is 2.25. The van der Waals surface area contributed by atoms with Crippen LogP contribution in [-0.4, -0.2) is 0 Å². The molecule has 0 heterocycles. The van der Waals surface area contributed by atoms with Crippen LogP contribution in [0.25, 0.3) is 0 Å². The number of rotatable bonds is 4. The zero-order valence-electron chi connectivity index (χ0n) is 11.3. The molecule has 1 nitrogen and oxygen atoms in total. The quantitative estimate of drug-likeness (QED) is 0.729. The zero-order valence-corrected chi connectivity index (χ0v) is 12.1. The third-order valence-corrected chi connectivity index (χ3v) is 3.19. The van der Waals surface area contributed by atoms with Crippen LogP contribution in [-0.2, 0) is 12.5 Å². The molecule has 0 N–H and O–H groups in total. The van der Waals surface area contributed by atoms with Gasteiger partial charge in [-0.3, -0.25) is 0 Å². The van der Waals surface area contributed by atoms with E-state index in [0.29, 0.717) is 5.56 Å². The third-order valence-electron chi connectivity index (χ3n) is 2.88. The van der Waals surface area contributed by atoms with Gasteiger partial charge in [-0.05, 0) is 37.1 Å². The Labute approximate surface area is 122 Å². The number of hydrogen-bond donors (Lipinski definition) is 0. The first-order valence-corrected chi connectivity index (χ1v) is 6.77. The summed E-state index contributed by atoms with van der Waals surface area (Å²) in [6, 6.07) is 8.26. The predicted molar refractivity (Wildman–Crippen MR) is 76.2 cm³/mol. The molecule has 106 valence electrons. The van der Waals surface area contributed by atoms with Crippen molar-refractivity contribution in [3.05, 3.63) is 64.2 Å². The van der Waals surface area contributed by atoms with Crippen LogP contribution in [0, 0.1) is 25.5 Å². The minimum Gasteiger partial charge on any atom is -0.483 e. The molecular formula is C16H15ClF2O. The van der Waals surface area contributed by atoms with E-state index in [-0.39, 0.29) is 18.2 Å². The average Bonchev–Trinajstić information content (AvgIpc) is 2.36. The van der Waals surface area contributed by atoms with Crippen molar-refractivity contribution in [1.29, 1.82) is 0 Å². The second-order valence-electron chi connectivity index (χ2n) is 4.81. The van der Waals surface area contributed by atoms with E-state index in [2.05, 4.69) is 0 Å². The number of hydrogen-bond acceptors (Lipinski definition) is 1. The van der Waals surface area contributed by atoms with Crippen molar-refractivity contribution in [2.24, 2.45) is 0 Å². The van der Waals surface area contributed by atoms with Crippen LogP contribution in [0.15, 0.2) is 30.3 Å². The van der Waals surface area contributed by atoms with Gasteiger partial charge in [0.2, 0.25) is 0 Å². The molecule has 0 saturated carbocycles. The molecule has 2 rings (SSSR count). The minimum atomic E-state index is -0.731. The maximum absolute atomic E-state index is 13.7. The summed E-state index contributed by atoms with van der Waals surface area (Å²) in [4.78, 5) is 0. The van der Waals surface area contributed by atoms with Crippen molar-refractivity contribution in [2.45, 2.75) is 26.3 Å². The molecule has 0 atom stereocenters. The van der Waals surface area contributed by atoms with Crippen molar-refractivity contribution < 1.29 is 13.5 Å². The molecule has 0 saturated heterocycles. The Kier molecular flexibility index (Phi) is 4.61. The summed E-state index contributed by atoms with van der Waals surface area (Å²) in [5, 5.41) is 0. The normalized spacial score (nSPS) is 10.7. The Morgan fingerprint density at radius 1 is 0.900 bits per heavy atom. The van der Waals surface area contributed by atoms with E-state index in [1.807, 2.05) is 32.0 Å². The number of benzene rings is 2. The second kappa shape index (κ2) is 6.23. The summed E-state index contributed by atoms with van der Waals surface area (Å²) in [6.07, 6.45) is 0. The fraction of sp³-hybridized carbons (Fsp3) is 0.250. The molecule has 2 aromatic carbocycles. The summed E-state index contributed by atoms with van der Waals surface area (Å²) >= 11 is 5.56. The molecule has 0 aliphatic heterocycles. The molecule has 0 radical (unpaired) electrons. The van der Waals surface area contributed by atoms with Crippen LogP contribution in [0.1, 0.15) is 22.3 Å². The van der Waals surface area contributed by atoms with Gasteiger partial charge in [0, 0.05) is 5.88 Å². The van der Waals surface area contributed by atoms with E-state index >= 15 is 0 Å². The summed E-state index contributed by atoms with van der Waals surface area (Å²) in [6.45, 7) is 4.05. The van der Waals surface area contributed by atoms with Gasteiger partial charge < -0.3 is 4.74 Å². The van der Waals surface area contributed by atoms with Gasteiger partial charge in [-0.25, -0.2) is 8.78 Å². The molecule has 0 amide bonds. The lowest BCUT2D eigenvalue weighted by molar-refractivity contribution is 0.274. The number of aryl methyl sites for hydroxylation is 2. The monoisotopic (exact) mass is 296 g/mol. The molecule has 0 bridgehead atoms. The van der Waals surface area contributed by atoms with E-state index in [1.165, 1.54) is 12.1 Å². The fourth-order valence-corrected chi connectivity index (χ4v) is 2.29. The van der Waals surface area contributed by atoms with Crippen LogP contribution in [0.4, 0.5) is 8.78 Å². The van der Waals surface area contributed by atoms with Crippen LogP contribution < -0.4 is 4.74 Å². The van der Waals surface area contributed by atoms with Crippen molar-refractivity contribution >= 4 is 11.6 Å². The summed E-state index contributed by atoms with van der Waals surface area (Å²) in [5.41, 5.74) is 3.44. The first-order chi connectivity index (χ1) is 9.49. The SMILES string of the molecule is Cc1cc(C)cc(COc2c(F)cc(CCl)cc2F)c1. The van der Waals surface area contributed by atoms with Crippen LogP contribution in [0.5, 0.6) is 5.75 Å². The average molecular weight is 297 g/mol. The standard InChI is InChI=1S/C16H15ClF2O/c1-10-3-11(2)5-13(4-10)9-20-16-14(18)6-12(8-17)7-15(16)19/h3-7H,8-9H2,1-2H3. The lowest BCUT2D eigenvalue weighted by Gasteiger charge is -2.10. The lowest BCUT2D eigenvalue weighted by atomic mass is 10.1. The predicted octanol–water partition coefficient (Wildman–Crippen LogP) is 4.90. The maximum Gasteiger partial charge on any atom is 0.191 e.